The second-order valence-corrected chi connectivity index (χ2v) is 6.88. The number of hydrogen-bond acceptors (Lipinski definition) is 7. The Morgan fingerprint density at radius 3 is 2.55 bits per heavy atom. The number of benzene rings is 1. The highest BCUT2D eigenvalue weighted by Crippen LogP contribution is 2.17. The van der Waals surface area contributed by atoms with E-state index in [1.807, 2.05) is 12.1 Å². The number of methoxy groups -OCH3 is 1. The number of hydrogen-bond donors (Lipinski definition) is 0. The van der Waals surface area contributed by atoms with E-state index in [9.17, 15) is 9.59 Å². The average molecular weight is 394 g/mol. The summed E-state index contributed by atoms with van der Waals surface area (Å²) in [5, 5.41) is 5.32. The molecule has 0 atom stereocenters. The normalized spacial score (nSPS) is 14.4. The zero-order chi connectivity index (χ0) is 20.4. The second-order valence-electron chi connectivity index (χ2n) is 6.88. The molecule has 0 aliphatic carbocycles. The van der Waals surface area contributed by atoms with E-state index in [4.69, 9.17) is 4.74 Å². The van der Waals surface area contributed by atoms with Gasteiger partial charge in [0.15, 0.2) is 5.69 Å². The zero-order valence-corrected chi connectivity index (χ0v) is 16.4. The van der Waals surface area contributed by atoms with Crippen molar-refractivity contribution in [1.82, 2.24) is 24.6 Å². The van der Waals surface area contributed by atoms with Crippen LogP contribution in [0.25, 0.3) is 10.8 Å². The Kier molecular flexibility index (Phi) is 5.22. The Balaban J connectivity index is 1.53. The van der Waals surface area contributed by atoms with Crippen molar-refractivity contribution in [1.29, 1.82) is 0 Å². The maximum Gasteiger partial charge on any atom is 0.275 e. The van der Waals surface area contributed by atoms with Gasteiger partial charge < -0.3 is 14.5 Å². The number of amides is 1. The van der Waals surface area contributed by atoms with Crippen molar-refractivity contribution in [3.05, 3.63) is 58.3 Å². The molecule has 9 heteroatoms. The Hall–Kier alpha value is -3.33. The smallest absolute Gasteiger partial charge is 0.275 e. The van der Waals surface area contributed by atoms with Crippen molar-refractivity contribution in [3.63, 3.8) is 0 Å². The van der Waals surface area contributed by atoms with Crippen LogP contribution in [0.2, 0.25) is 0 Å². The van der Waals surface area contributed by atoms with Crippen LogP contribution in [-0.2, 0) is 18.4 Å². The summed E-state index contributed by atoms with van der Waals surface area (Å²) in [4.78, 5) is 38.1. The summed E-state index contributed by atoms with van der Waals surface area (Å²) in [6, 6.07) is 8.90. The van der Waals surface area contributed by atoms with Crippen LogP contribution in [-0.4, -0.2) is 63.8 Å². The summed E-state index contributed by atoms with van der Waals surface area (Å²) < 4.78 is 6.35. The number of ether oxygens (including phenoxy) is 1. The molecule has 0 unspecified atom stereocenters. The molecule has 1 saturated heterocycles. The van der Waals surface area contributed by atoms with Crippen molar-refractivity contribution >= 4 is 22.6 Å². The molecule has 1 fully saturated rings. The molecule has 3 aromatic rings. The van der Waals surface area contributed by atoms with Crippen LogP contribution in [0.5, 0.6) is 0 Å². The standard InChI is InChI=1S/C20H22N6O3/c1-24-18(27)16-6-4-3-5-15(16)17(23-24)19(28)25-9-11-26(12-10-25)20-21-8-7-14(22-20)13-29-2/h3-8H,9-13H2,1-2H3. The minimum absolute atomic E-state index is 0.175. The highest BCUT2D eigenvalue weighted by atomic mass is 16.5. The number of piperazine rings is 1. The predicted octanol–water partition coefficient (Wildman–Crippen LogP) is 0.832. The number of aromatic nitrogens is 4. The predicted molar refractivity (Wildman–Crippen MR) is 108 cm³/mol. The van der Waals surface area contributed by atoms with Crippen molar-refractivity contribution in [2.45, 2.75) is 6.61 Å². The van der Waals surface area contributed by atoms with Crippen LogP contribution < -0.4 is 10.5 Å². The second kappa shape index (κ2) is 7.96. The van der Waals surface area contributed by atoms with Gasteiger partial charge in [-0.1, -0.05) is 18.2 Å². The Morgan fingerprint density at radius 1 is 1.10 bits per heavy atom. The number of carbonyl (C=O) groups is 1. The molecule has 0 radical (unpaired) electrons. The highest BCUT2D eigenvalue weighted by molar-refractivity contribution is 6.04. The van der Waals surface area contributed by atoms with Gasteiger partial charge in [0.2, 0.25) is 5.95 Å². The largest absolute Gasteiger partial charge is 0.378 e. The maximum atomic E-state index is 13.1. The lowest BCUT2D eigenvalue weighted by Gasteiger charge is -2.34. The van der Waals surface area contributed by atoms with Gasteiger partial charge in [0.1, 0.15) is 0 Å². The Bertz CT molecular complexity index is 1100. The summed E-state index contributed by atoms with van der Waals surface area (Å²) in [5.74, 6) is 0.461. The number of anilines is 1. The van der Waals surface area contributed by atoms with Gasteiger partial charge in [0, 0.05) is 51.9 Å². The number of nitrogens with zero attached hydrogens (tertiary/aromatic N) is 6. The summed E-state index contributed by atoms with van der Waals surface area (Å²) in [7, 11) is 3.19. The molecule has 3 heterocycles. The van der Waals surface area contributed by atoms with E-state index in [0.29, 0.717) is 55.2 Å². The molecular weight excluding hydrogens is 372 g/mol. The molecule has 150 valence electrons. The monoisotopic (exact) mass is 394 g/mol. The molecule has 1 aromatic carbocycles. The van der Waals surface area contributed by atoms with E-state index in [-0.39, 0.29) is 11.5 Å². The molecule has 0 saturated carbocycles. The van der Waals surface area contributed by atoms with Crippen LogP contribution >= 0.6 is 0 Å². The van der Waals surface area contributed by atoms with Crippen LogP contribution in [0.3, 0.4) is 0 Å². The summed E-state index contributed by atoms with van der Waals surface area (Å²) in [6.07, 6.45) is 1.72. The molecule has 0 N–H and O–H groups in total. The fourth-order valence-corrected chi connectivity index (χ4v) is 3.48. The number of aryl methyl sites for hydroxylation is 1. The minimum Gasteiger partial charge on any atom is -0.378 e. The fourth-order valence-electron chi connectivity index (χ4n) is 3.48. The topological polar surface area (TPSA) is 93.5 Å². The lowest BCUT2D eigenvalue weighted by molar-refractivity contribution is 0.0740. The molecule has 1 amide bonds. The van der Waals surface area contributed by atoms with Gasteiger partial charge in [-0.2, -0.15) is 5.10 Å². The molecule has 29 heavy (non-hydrogen) atoms. The van der Waals surface area contributed by atoms with Crippen molar-refractivity contribution in [2.75, 3.05) is 38.2 Å². The number of carbonyl (C=O) groups excluding carboxylic acids is 1. The molecule has 9 nitrogen and oxygen atoms in total. The van der Waals surface area contributed by atoms with Crippen molar-refractivity contribution in [2.24, 2.45) is 7.05 Å². The molecule has 1 aliphatic rings. The van der Waals surface area contributed by atoms with E-state index < -0.39 is 0 Å². The van der Waals surface area contributed by atoms with Crippen LogP contribution in [0.4, 0.5) is 5.95 Å². The summed E-state index contributed by atoms with van der Waals surface area (Å²) >= 11 is 0. The maximum absolute atomic E-state index is 13.1. The van der Waals surface area contributed by atoms with Gasteiger partial charge in [-0.05, 0) is 12.1 Å². The van der Waals surface area contributed by atoms with Gasteiger partial charge in [-0.25, -0.2) is 14.6 Å². The van der Waals surface area contributed by atoms with E-state index in [1.54, 1.807) is 43.5 Å². The molecular formula is C20H22N6O3. The van der Waals surface area contributed by atoms with Gasteiger partial charge in [-0.15, -0.1) is 0 Å². The van der Waals surface area contributed by atoms with Gasteiger partial charge in [0.25, 0.3) is 11.5 Å². The average Bonchev–Trinajstić information content (AvgIpc) is 2.76. The first-order valence-corrected chi connectivity index (χ1v) is 9.39. The molecule has 0 bridgehead atoms. The van der Waals surface area contributed by atoms with E-state index in [0.717, 1.165) is 5.69 Å². The fraction of sp³-hybridized carbons (Fsp3) is 0.350. The molecule has 1 aliphatic heterocycles. The minimum atomic E-state index is -0.213. The Morgan fingerprint density at radius 2 is 1.83 bits per heavy atom. The third-order valence-corrected chi connectivity index (χ3v) is 5.00. The first-order chi connectivity index (χ1) is 14.1. The highest BCUT2D eigenvalue weighted by Gasteiger charge is 2.26. The summed E-state index contributed by atoms with van der Waals surface area (Å²) in [5.41, 5.74) is 0.904. The summed E-state index contributed by atoms with van der Waals surface area (Å²) in [6.45, 7) is 2.71. The number of fused-ring (bicyclic) bond motifs is 1. The van der Waals surface area contributed by atoms with E-state index in [1.165, 1.54) is 4.68 Å². The van der Waals surface area contributed by atoms with E-state index in [2.05, 4.69) is 20.0 Å². The third kappa shape index (κ3) is 3.68. The van der Waals surface area contributed by atoms with Gasteiger partial charge in [-0.3, -0.25) is 9.59 Å². The van der Waals surface area contributed by atoms with E-state index >= 15 is 0 Å². The van der Waals surface area contributed by atoms with Crippen molar-refractivity contribution in [3.8, 4) is 0 Å². The quantitative estimate of drug-likeness (QED) is 0.647. The van der Waals surface area contributed by atoms with Crippen LogP contribution in [0.1, 0.15) is 16.2 Å². The van der Waals surface area contributed by atoms with Crippen LogP contribution in [0, 0.1) is 0 Å². The zero-order valence-electron chi connectivity index (χ0n) is 16.4. The van der Waals surface area contributed by atoms with Gasteiger partial charge >= 0.3 is 0 Å². The molecule has 0 spiro atoms. The Labute approximate surface area is 167 Å². The molecule has 2 aromatic heterocycles. The first kappa shape index (κ1) is 19.0. The first-order valence-electron chi connectivity index (χ1n) is 9.39. The van der Waals surface area contributed by atoms with Gasteiger partial charge in [0.05, 0.1) is 17.7 Å². The number of rotatable bonds is 4. The SMILES string of the molecule is COCc1ccnc(N2CCN(C(=O)c3nn(C)c(=O)c4ccccc34)CC2)n1. The van der Waals surface area contributed by atoms with Crippen LogP contribution in [0.15, 0.2) is 41.3 Å². The van der Waals surface area contributed by atoms with Crippen molar-refractivity contribution < 1.29 is 9.53 Å². The lowest BCUT2D eigenvalue weighted by atomic mass is 10.1. The lowest BCUT2D eigenvalue weighted by Crippen LogP contribution is -2.49. The molecule has 4 rings (SSSR count). The third-order valence-electron chi connectivity index (χ3n) is 5.00.